The van der Waals surface area contributed by atoms with Crippen LogP contribution in [0.1, 0.15) is 20.7 Å². The van der Waals surface area contributed by atoms with Gasteiger partial charge in [-0.2, -0.15) is 0 Å². The van der Waals surface area contributed by atoms with E-state index in [1.54, 1.807) is 47.9 Å². The molecule has 0 N–H and O–H groups in total. The molecule has 0 atom stereocenters. The van der Waals surface area contributed by atoms with E-state index in [4.69, 9.17) is 18.9 Å². The Kier molecular flexibility index (Phi) is 6.54. The van der Waals surface area contributed by atoms with Crippen molar-refractivity contribution in [1.29, 1.82) is 0 Å². The van der Waals surface area contributed by atoms with Crippen molar-refractivity contribution in [3.05, 3.63) is 47.5 Å². The molecular formula is C20H24GeO6. The van der Waals surface area contributed by atoms with E-state index in [0.717, 1.165) is 0 Å². The fraction of sp³-hybridized carbons (Fsp3) is 0.300. The summed E-state index contributed by atoms with van der Waals surface area (Å²) in [5.41, 5.74) is 0.601. The van der Waals surface area contributed by atoms with Crippen LogP contribution in [0.25, 0.3) is 0 Å². The maximum absolute atomic E-state index is 13.5. The Labute approximate surface area is 161 Å². The number of carbonyl (C=O) groups excluding carboxylic acids is 2. The molecule has 0 amide bonds. The Balaban J connectivity index is 2.60. The van der Waals surface area contributed by atoms with Crippen molar-refractivity contribution >= 4 is 22.5 Å². The van der Waals surface area contributed by atoms with Crippen LogP contribution in [-0.2, 0) is 0 Å². The van der Waals surface area contributed by atoms with Crippen LogP contribution in [0.2, 0.25) is 11.5 Å². The van der Waals surface area contributed by atoms with E-state index in [9.17, 15) is 9.59 Å². The molecule has 0 fully saturated rings. The van der Waals surface area contributed by atoms with E-state index in [2.05, 4.69) is 0 Å². The van der Waals surface area contributed by atoms with Crippen LogP contribution in [-0.4, -0.2) is 50.9 Å². The maximum atomic E-state index is 13.5. The first-order valence-electron chi connectivity index (χ1n) is 8.35. The van der Waals surface area contributed by atoms with Gasteiger partial charge in [-0.25, -0.2) is 0 Å². The first-order valence-corrected chi connectivity index (χ1v) is 14.6. The number of ether oxygens (including phenoxy) is 4. The topological polar surface area (TPSA) is 71.1 Å². The molecule has 0 unspecified atom stereocenters. The van der Waals surface area contributed by atoms with Crippen molar-refractivity contribution in [2.75, 3.05) is 28.4 Å². The predicted molar refractivity (Wildman–Crippen MR) is 105 cm³/mol. The molecule has 0 saturated heterocycles. The number of benzene rings is 2. The van der Waals surface area contributed by atoms with E-state index in [-0.39, 0.29) is 9.23 Å². The number of methoxy groups -OCH3 is 4. The molecule has 6 nitrogen and oxygen atoms in total. The number of rotatable bonds is 8. The predicted octanol–water partition coefficient (Wildman–Crippen LogP) is 3.57. The van der Waals surface area contributed by atoms with Crippen molar-refractivity contribution in [3.63, 3.8) is 0 Å². The fourth-order valence-corrected chi connectivity index (χ4v) is 6.97. The van der Waals surface area contributed by atoms with Crippen LogP contribution in [0.15, 0.2) is 36.4 Å². The summed E-state index contributed by atoms with van der Waals surface area (Å²) >= 11 is -3.80. The van der Waals surface area contributed by atoms with Crippen molar-refractivity contribution in [1.82, 2.24) is 0 Å². The zero-order valence-corrected chi connectivity index (χ0v) is 18.5. The van der Waals surface area contributed by atoms with Gasteiger partial charge in [0.05, 0.1) is 0 Å². The second-order valence-corrected chi connectivity index (χ2v) is 15.1. The second kappa shape index (κ2) is 8.48. The summed E-state index contributed by atoms with van der Waals surface area (Å²) in [7, 11) is 5.93. The molecule has 2 aromatic carbocycles. The van der Waals surface area contributed by atoms with Crippen molar-refractivity contribution in [2.24, 2.45) is 0 Å². The summed E-state index contributed by atoms with van der Waals surface area (Å²) in [5.74, 6) is 5.05. The Hall–Kier alpha value is -2.48. The molecule has 0 radical (unpaired) electrons. The molecule has 0 aliphatic rings. The zero-order chi connectivity index (χ0) is 20.2. The second-order valence-electron chi connectivity index (χ2n) is 6.36. The average molecular weight is 433 g/mol. The SMILES string of the molecule is COc1cccc(OC)c1[C](=O)[Ge]([CH3])([CH3])[C](=O)c1c(OC)cccc1OC. The first kappa shape index (κ1) is 20.8. The third-order valence-electron chi connectivity index (χ3n) is 4.45. The van der Waals surface area contributed by atoms with Gasteiger partial charge in [-0.3, -0.25) is 0 Å². The van der Waals surface area contributed by atoms with Gasteiger partial charge >= 0.3 is 162 Å². The first-order chi connectivity index (χ1) is 12.8. The molecule has 144 valence electrons. The molecule has 2 aromatic rings. The number of hydrogen-bond donors (Lipinski definition) is 0. The van der Waals surface area contributed by atoms with Crippen LogP contribution in [0.4, 0.5) is 0 Å². The standard InChI is InChI=1S/C20H24GeO6/c1-21(2,19(22)17-13(24-3)9-7-10-14(17)25-4)20(23)18-15(26-5)11-8-12-16(18)27-6/h7-12H,1-6H3. The summed E-state index contributed by atoms with van der Waals surface area (Å²) < 4.78 is 20.9. The van der Waals surface area contributed by atoms with Gasteiger partial charge in [0.1, 0.15) is 0 Å². The Morgan fingerprint density at radius 2 is 0.889 bits per heavy atom. The molecule has 0 aliphatic heterocycles. The number of hydrogen-bond acceptors (Lipinski definition) is 6. The van der Waals surface area contributed by atoms with Gasteiger partial charge in [-0.05, 0) is 0 Å². The summed E-state index contributed by atoms with van der Waals surface area (Å²) in [4.78, 5) is 26.9. The van der Waals surface area contributed by atoms with Crippen LogP contribution >= 0.6 is 0 Å². The van der Waals surface area contributed by atoms with Gasteiger partial charge in [0.15, 0.2) is 0 Å². The molecule has 0 aliphatic carbocycles. The summed E-state index contributed by atoms with van der Waals surface area (Å²) in [5, 5.41) is 0. The molecule has 27 heavy (non-hydrogen) atoms. The summed E-state index contributed by atoms with van der Waals surface area (Å²) in [6, 6.07) is 10.2. The molecule has 0 spiro atoms. The van der Waals surface area contributed by atoms with E-state index in [1.165, 1.54) is 28.4 Å². The van der Waals surface area contributed by atoms with Crippen LogP contribution in [0, 0.1) is 0 Å². The Morgan fingerprint density at radius 3 is 1.11 bits per heavy atom. The quantitative estimate of drug-likeness (QED) is 0.594. The van der Waals surface area contributed by atoms with Crippen molar-refractivity contribution in [2.45, 2.75) is 11.5 Å². The van der Waals surface area contributed by atoms with E-state index in [0.29, 0.717) is 34.1 Å². The van der Waals surface area contributed by atoms with Crippen LogP contribution in [0.5, 0.6) is 23.0 Å². The van der Waals surface area contributed by atoms with Crippen molar-refractivity contribution < 1.29 is 28.5 Å². The van der Waals surface area contributed by atoms with E-state index in [1.807, 2.05) is 0 Å². The van der Waals surface area contributed by atoms with Gasteiger partial charge in [0.25, 0.3) is 0 Å². The number of carbonyl (C=O) groups is 2. The molecule has 0 heterocycles. The third kappa shape index (κ3) is 3.80. The molecule has 2 rings (SSSR count). The Bertz CT molecular complexity index is 746. The summed E-state index contributed by atoms with van der Waals surface area (Å²) in [6.45, 7) is 0. The van der Waals surface area contributed by atoms with E-state index >= 15 is 0 Å². The van der Waals surface area contributed by atoms with Gasteiger partial charge in [-0.15, -0.1) is 0 Å². The van der Waals surface area contributed by atoms with Gasteiger partial charge in [0.2, 0.25) is 0 Å². The summed E-state index contributed by atoms with van der Waals surface area (Å²) in [6.07, 6.45) is 0. The molecular weight excluding hydrogens is 409 g/mol. The minimum absolute atomic E-state index is 0.234. The third-order valence-corrected chi connectivity index (χ3v) is 10.3. The molecule has 0 aromatic heterocycles. The van der Waals surface area contributed by atoms with Crippen LogP contribution in [0.3, 0.4) is 0 Å². The normalized spacial score (nSPS) is 10.9. The Morgan fingerprint density at radius 1 is 0.630 bits per heavy atom. The molecule has 7 heteroatoms. The minimum atomic E-state index is -3.80. The molecule has 0 saturated carbocycles. The van der Waals surface area contributed by atoms with Gasteiger partial charge < -0.3 is 0 Å². The fourth-order valence-electron chi connectivity index (χ4n) is 2.88. The zero-order valence-electron chi connectivity index (χ0n) is 16.4. The molecule has 0 bridgehead atoms. The van der Waals surface area contributed by atoms with E-state index < -0.39 is 13.3 Å². The van der Waals surface area contributed by atoms with Crippen molar-refractivity contribution in [3.8, 4) is 23.0 Å². The monoisotopic (exact) mass is 434 g/mol. The van der Waals surface area contributed by atoms with Gasteiger partial charge in [0, 0.05) is 0 Å². The van der Waals surface area contributed by atoms with Gasteiger partial charge in [-0.1, -0.05) is 0 Å². The van der Waals surface area contributed by atoms with Crippen LogP contribution < -0.4 is 18.9 Å². The average Bonchev–Trinajstić information content (AvgIpc) is 2.70.